The molecule has 0 aromatic heterocycles. The van der Waals surface area contributed by atoms with Crippen molar-refractivity contribution in [1.29, 1.82) is 0 Å². The maximum Gasteiger partial charge on any atom is 1.00 e. The first kappa shape index (κ1) is 111. The van der Waals surface area contributed by atoms with Crippen LogP contribution in [-0.4, -0.2) is 125 Å². The molecule has 0 aromatic rings. The van der Waals surface area contributed by atoms with Crippen LogP contribution >= 0.6 is 15.6 Å². The van der Waals surface area contributed by atoms with E-state index in [2.05, 4.69) is 87.1 Å². The maximum atomic E-state index is 13.3. The Morgan fingerprint density at radius 1 is 0.361 bits per heavy atom. The zero-order chi connectivity index (χ0) is 77.8. The molecule has 7 unspecified atom stereocenters. The van der Waals surface area contributed by atoms with Gasteiger partial charge in [0, 0.05) is 45.4 Å². The number of allylic oxidation sites excluding steroid dienone is 4. The molecular weight excluding hydrogens is 1430 g/mol. The van der Waals surface area contributed by atoms with Crippen LogP contribution in [0.25, 0.3) is 0 Å². The van der Waals surface area contributed by atoms with Gasteiger partial charge in [0.05, 0.1) is 64.4 Å². The van der Waals surface area contributed by atoms with Crippen LogP contribution in [0.5, 0.6) is 0 Å². The number of ether oxygens (including phenoxy) is 4. The van der Waals surface area contributed by atoms with Gasteiger partial charge in [-0.05, 0) is 96.3 Å². The van der Waals surface area contributed by atoms with Crippen molar-refractivity contribution < 1.29 is 139 Å². The van der Waals surface area contributed by atoms with Crippen molar-refractivity contribution in [2.45, 2.75) is 419 Å². The number of carbonyl (C=O) groups is 4. The van der Waals surface area contributed by atoms with Crippen LogP contribution in [0.2, 0.25) is 0 Å². The molecule has 0 saturated carbocycles. The number of urea groups is 1. The Morgan fingerprint density at radius 2 is 0.685 bits per heavy atom. The van der Waals surface area contributed by atoms with Gasteiger partial charge in [0.1, 0.15) is 6.10 Å². The zero-order valence-corrected chi connectivity index (χ0v) is 76.1. The second-order valence-corrected chi connectivity index (χ2v) is 32.2. The normalized spacial score (nSPS) is 14.2. The van der Waals surface area contributed by atoms with Crippen LogP contribution in [0, 0.1) is 0 Å². The molecule has 4 amide bonds. The van der Waals surface area contributed by atoms with E-state index in [1.54, 1.807) is 0 Å². The molecule has 25 heteroatoms. The van der Waals surface area contributed by atoms with Gasteiger partial charge in [0.15, 0.2) is 6.29 Å². The Bertz CT molecular complexity index is 2170. The first-order chi connectivity index (χ1) is 51.5. The van der Waals surface area contributed by atoms with Crippen LogP contribution < -0.4 is 90.2 Å². The van der Waals surface area contributed by atoms with E-state index in [4.69, 9.17) is 37.0 Å². The van der Waals surface area contributed by atoms with E-state index in [1.165, 1.54) is 141 Å². The summed E-state index contributed by atoms with van der Waals surface area (Å²) < 4.78 is 71.1. The summed E-state index contributed by atoms with van der Waals surface area (Å²) in [7, 11) is -9.92. The number of aliphatic hydroxyl groups is 1. The third kappa shape index (κ3) is 80.4. The number of nitrogens with one attached hydrogen (secondary N) is 4. The van der Waals surface area contributed by atoms with Gasteiger partial charge in [0.2, 0.25) is 11.8 Å². The molecule has 0 bridgehead atoms. The van der Waals surface area contributed by atoms with Gasteiger partial charge in [-0.1, -0.05) is 291 Å². The van der Waals surface area contributed by atoms with Gasteiger partial charge in [-0.15, -0.1) is 0 Å². The second-order valence-electron chi connectivity index (χ2n) is 29.4. The van der Waals surface area contributed by atoms with Crippen molar-refractivity contribution >= 4 is 39.5 Å². The second kappa shape index (κ2) is 84.1. The Hall–Kier alpha value is -0.780. The molecule has 626 valence electrons. The van der Waals surface area contributed by atoms with Crippen molar-refractivity contribution in [3.8, 4) is 0 Å². The fourth-order valence-electron chi connectivity index (χ4n) is 12.4. The zero-order valence-electron chi connectivity index (χ0n) is 70.3. The van der Waals surface area contributed by atoms with Gasteiger partial charge in [0.25, 0.3) is 15.6 Å². The molecule has 0 aromatic carbocycles. The molecular formula is C83H160N4Na2O17P2. The Morgan fingerprint density at radius 3 is 1.07 bits per heavy atom. The van der Waals surface area contributed by atoms with Gasteiger partial charge in [-0.25, -0.2) is 4.79 Å². The van der Waals surface area contributed by atoms with Gasteiger partial charge >= 0.3 is 71.1 Å². The number of phosphoric acid groups is 2. The molecule has 0 aliphatic rings. The van der Waals surface area contributed by atoms with E-state index >= 15 is 0 Å². The number of hydrogen-bond donors (Lipinski definition) is 5. The van der Waals surface area contributed by atoms with Crippen LogP contribution in [-0.2, 0) is 60.6 Å². The molecule has 108 heavy (non-hydrogen) atoms. The average Bonchev–Trinajstić information content (AvgIpc) is 0.915. The summed E-state index contributed by atoms with van der Waals surface area (Å²) in [5, 5.41) is 21.6. The van der Waals surface area contributed by atoms with Crippen molar-refractivity contribution in [2.24, 2.45) is 0 Å². The summed E-state index contributed by atoms with van der Waals surface area (Å²) in [6, 6.07) is -2.45. The summed E-state index contributed by atoms with van der Waals surface area (Å²) in [5.41, 5.74) is 0. The summed E-state index contributed by atoms with van der Waals surface area (Å²) in [6.07, 6.45) is 62.0. The topological polar surface area (TPSA) is 291 Å². The van der Waals surface area contributed by atoms with E-state index < -0.39 is 66.5 Å². The largest absolute Gasteiger partial charge is 1.00 e. The number of carbonyl (C=O) groups excluding carboxylic acids is 4. The molecule has 0 fully saturated rings. The first-order valence-electron chi connectivity index (χ1n) is 43.3. The van der Waals surface area contributed by atoms with Gasteiger partial charge < -0.3 is 73.2 Å². The molecule has 7 atom stereocenters. The van der Waals surface area contributed by atoms with Gasteiger partial charge in [-0.2, -0.15) is 0 Å². The fourth-order valence-corrected chi connectivity index (χ4v) is 13.9. The summed E-state index contributed by atoms with van der Waals surface area (Å²) in [4.78, 5) is 78.4. The van der Waals surface area contributed by atoms with Gasteiger partial charge in [-0.3, -0.25) is 23.5 Å². The summed E-state index contributed by atoms with van der Waals surface area (Å²) in [6.45, 7) is 11.1. The predicted molar refractivity (Wildman–Crippen MR) is 428 cm³/mol. The minimum absolute atomic E-state index is 0. The Balaban J connectivity index is -0.0000551. The van der Waals surface area contributed by atoms with Crippen LogP contribution in [0.15, 0.2) is 24.3 Å². The van der Waals surface area contributed by atoms with E-state index in [-0.39, 0.29) is 141 Å². The number of aliphatic hydroxyl groups excluding tert-OH is 1. The summed E-state index contributed by atoms with van der Waals surface area (Å²) in [5.74, 6) is -0.741. The van der Waals surface area contributed by atoms with Crippen LogP contribution in [0.3, 0.4) is 0 Å². The van der Waals surface area contributed by atoms with E-state index in [0.29, 0.717) is 51.4 Å². The molecule has 0 aliphatic heterocycles. The van der Waals surface area contributed by atoms with E-state index in [1.807, 2.05) is 0 Å². The van der Waals surface area contributed by atoms with Crippen molar-refractivity contribution in [3.05, 3.63) is 24.3 Å². The number of amides is 4. The first-order valence-corrected chi connectivity index (χ1v) is 46.2. The molecule has 21 nitrogen and oxygen atoms in total. The maximum absolute atomic E-state index is 13.3. The summed E-state index contributed by atoms with van der Waals surface area (Å²) >= 11 is 0. The SMILES string of the molecule is CCCCCC/C=C\CCCC(=O)OC(CCCCCCC)CCOCC(COP(=O)([O-])OCCNC(=O)NCCOP(=O)([O-])OCC(COCCC(CCCCCCC)OC(O)CCC/C=C\CCCCCC)NC(=O)CCCCCCCCCCCCC)NC(=O)CCCCCCCCCCCCC.[Na+].[Na+]. The molecule has 0 spiro atoms. The minimum Gasteiger partial charge on any atom is -0.756 e. The smallest absolute Gasteiger partial charge is 0.756 e. The van der Waals surface area contributed by atoms with Crippen molar-refractivity contribution in [1.82, 2.24) is 21.3 Å². The van der Waals surface area contributed by atoms with Crippen molar-refractivity contribution in [3.63, 3.8) is 0 Å². The third-order valence-corrected chi connectivity index (χ3v) is 20.9. The molecule has 0 aliphatic carbocycles. The quantitative estimate of drug-likeness (QED) is 0.00944. The monoisotopic (exact) mass is 1590 g/mol. The van der Waals surface area contributed by atoms with Crippen LogP contribution in [0.1, 0.15) is 388 Å². The predicted octanol–water partition coefficient (Wildman–Crippen LogP) is 14.2. The Kier molecular flexibility index (Phi) is 86.8. The van der Waals surface area contributed by atoms with E-state index in [0.717, 1.165) is 141 Å². The van der Waals surface area contributed by atoms with Crippen LogP contribution in [0.4, 0.5) is 4.79 Å². The third-order valence-electron chi connectivity index (χ3n) is 19.0. The molecule has 0 heterocycles. The van der Waals surface area contributed by atoms with E-state index in [9.17, 15) is 43.2 Å². The minimum atomic E-state index is -4.96. The standard InChI is InChI=1S/C83H162N4O17P2.2Na/c1-7-13-19-25-29-33-35-39-41-47-53-59-79(88)86-75(71-97-67-63-77(57-51-45-23-17-11-5)103-81(90)61-55-49-43-37-31-27-21-15-9-3)73-101-105(93,94)99-69-65-84-83(92)85-66-70-100-106(95,96)102-74-76(87-80(89)60-54-48-42-40-36-34-30-26-20-14-8-2)72-98-68-64-78(58-52-46-24-18-12-6)104-82(91)62-56-50-44-38-32-28-22-16-10-4;;/h37-38,43-44,75-78,81,90H,7-36,39-42,45-74H2,1-6H3,(H,86,88)(H,87,89)(H,93,94)(H,95,96)(H2,84,85,92);;/q;2*+1/p-2/b43-37-,44-38-;;. The molecule has 0 saturated heterocycles. The number of unbranched alkanes of at least 4 members (excludes halogenated alkanes) is 38. The van der Waals surface area contributed by atoms with Crippen molar-refractivity contribution in [2.75, 3.05) is 65.9 Å². The number of rotatable bonds is 83. The molecule has 0 rings (SSSR count). The number of esters is 1. The molecule has 5 N–H and O–H groups in total. The number of phosphoric ester groups is 2. The average molecular weight is 1590 g/mol. The fraction of sp³-hybridized carbons (Fsp3) is 0.904. The number of hydrogen-bond acceptors (Lipinski definition) is 17. The Labute approximate surface area is 703 Å². The molecule has 0 radical (unpaired) electrons.